The van der Waals surface area contributed by atoms with Crippen LogP contribution in [0, 0.1) is 0 Å². The Morgan fingerprint density at radius 1 is 1.10 bits per heavy atom. The summed E-state index contributed by atoms with van der Waals surface area (Å²) in [7, 11) is 0. The third-order valence-electron chi connectivity index (χ3n) is 3.84. The Kier molecular flexibility index (Phi) is 9.77. The Hall–Kier alpha value is -0.540. The molecule has 1 aromatic heterocycles. The smallest absolute Gasteiger partial charge is 0.0834 e. The maximum atomic E-state index is 6.39. The molecule has 0 amide bonds. The van der Waals surface area contributed by atoms with E-state index < -0.39 is 0 Å². The van der Waals surface area contributed by atoms with Gasteiger partial charge in [-0.05, 0) is 25.8 Å². The molecule has 4 heteroatoms. The van der Waals surface area contributed by atoms with Gasteiger partial charge in [0.15, 0.2) is 0 Å². The first kappa shape index (κ1) is 18.5. The van der Waals surface area contributed by atoms with E-state index in [1.54, 1.807) is 6.20 Å². The minimum Gasteiger partial charge on any atom is -0.309 e. The summed E-state index contributed by atoms with van der Waals surface area (Å²) < 4.78 is 2.09. The van der Waals surface area contributed by atoms with Gasteiger partial charge in [0.05, 0.1) is 23.0 Å². The van der Waals surface area contributed by atoms with Gasteiger partial charge >= 0.3 is 0 Å². The van der Waals surface area contributed by atoms with Crippen molar-refractivity contribution in [2.75, 3.05) is 6.54 Å². The van der Waals surface area contributed by atoms with E-state index in [1.165, 1.54) is 37.8 Å². The molecule has 0 saturated heterocycles. The fraction of sp³-hybridized carbons (Fsp3) is 0.824. The number of halogens is 1. The fourth-order valence-corrected chi connectivity index (χ4v) is 2.99. The van der Waals surface area contributed by atoms with Gasteiger partial charge in [-0.2, -0.15) is 5.10 Å². The van der Waals surface area contributed by atoms with Crippen LogP contribution in [0.4, 0.5) is 0 Å². The Morgan fingerprint density at radius 3 is 2.52 bits per heavy atom. The highest BCUT2D eigenvalue weighted by Gasteiger charge is 2.19. The van der Waals surface area contributed by atoms with E-state index in [0.717, 1.165) is 37.4 Å². The Bertz CT molecular complexity index is 376. The molecule has 3 nitrogen and oxygen atoms in total. The van der Waals surface area contributed by atoms with Crippen molar-refractivity contribution < 1.29 is 0 Å². The number of aromatic nitrogens is 2. The summed E-state index contributed by atoms with van der Waals surface area (Å²) >= 11 is 6.39. The van der Waals surface area contributed by atoms with Gasteiger partial charge in [0.1, 0.15) is 0 Å². The van der Waals surface area contributed by atoms with Crippen molar-refractivity contribution in [3.63, 3.8) is 0 Å². The van der Waals surface area contributed by atoms with Crippen molar-refractivity contribution in [2.45, 2.75) is 84.7 Å². The number of hydrogen-bond acceptors (Lipinski definition) is 2. The third kappa shape index (κ3) is 6.39. The topological polar surface area (TPSA) is 29.9 Å². The molecule has 1 atom stereocenters. The predicted octanol–water partition coefficient (Wildman–Crippen LogP) is 5.35. The summed E-state index contributed by atoms with van der Waals surface area (Å²) in [6.07, 6.45) is 11.7. The highest BCUT2D eigenvalue weighted by molar-refractivity contribution is 6.31. The number of hydrogen-bond donors (Lipinski definition) is 1. The largest absolute Gasteiger partial charge is 0.309 e. The molecule has 0 fully saturated rings. The molecule has 1 N–H and O–H groups in total. The maximum Gasteiger partial charge on any atom is 0.0834 e. The zero-order chi connectivity index (χ0) is 15.5. The minimum absolute atomic E-state index is 0.341. The van der Waals surface area contributed by atoms with Crippen molar-refractivity contribution in [1.82, 2.24) is 15.1 Å². The normalized spacial score (nSPS) is 12.8. The zero-order valence-corrected chi connectivity index (χ0v) is 14.8. The summed E-state index contributed by atoms with van der Waals surface area (Å²) in [5, 5.41) is 8.90. The minimum atomic E-state index is 0.341. The molecule has 0 saturated carbocycles. The lowest BCUT2D eigenvalue weighted by atomic mass is 10.0. The molecule has 0 aromatic carbocycles. The molecule has 0 bridgehead atoms. The van der Waals surface area contributed by atoms with Crippen LogP contribution in [-0.2, 0) is 6.54 Å². The van der Waals surface area contributed by atoms with Crippen LogP contribution in [0.3, 0.4) is 0 Å². The molecule has 21 heavy (non-hydrogen) atoms. The third-order valence-corrected chi connectivity index (χ3v) is 4.13. The SMILES string of the molecule is CCCCCCCC(NCCC)c1c(Cl)cnn1CCC. The van der Waals surface area contributed by atoms with Gasteiger partial charge in [0.2, 0.25) is 0 Å². The van der Waals surface area contributed by atoms with Gasteiger partial charge < -0.3 is 5.32 Å². The maximum absolute atomic E-state index is 6.39. The summed E-state index contributed by atoms with van der Waals surface area (Å²) in [6, 6.07) is 0.341. The number of aryl methyl sites for hydroxylation is 1. The van der Waals surface area contributed by atoms with Crippen molar-refractivity contribution >= 4 is 11.6 Å². The fourth-order valence-electron chi connectivity index (χ4n) is 2.71. The van der Waals surface area contributed by atoms with E-state index in [4.69, 9.17) is 11.6 Å². The quantitative estimate of drug-likeness (QED) is 0.527. The first-order valence-electron chi connectivity index (χ1n) is 8.69. The van der Waals surface area contributed by atoms with Crippen LogP contribution < -0.4 is 5.32 Å². The van der Waals surface area contributed by atoms with Crippen molar-refractivity contribution in [3.8, 4) is 0 Å². The van der Waals surface area contributed by atoms with Crippen LogP contribution in [0.25, 0.3) is 0 Å². The molecule has 1 rings (SSSR count). The molecule has 1 heterocycles. The van der Waals surface area contributed by atoms with Crippen LogP contribution in [0.15, 0.2) is 6.20 Å². The van der Waals surface area contributed by atoms with Gasteiger partial charge in [-0.15, -0.1) is 0 Å². The molecule has 0 spiro atoms. The summed E-state index contributed by atoms with van der Waals surface area (Å²) in [6.45, 7) is 8.62. The lowest BCUT2D eigenvalue weighted by molar-refractivity contribution is 0.430. The predicted molar refractivity (Wildman–Crippen MR) is 91.9 cm³/mol. The van der Waals surface area contributed by atoms with Gasteiger partial charge in [0, 0.05) is 6.54 Å². The van der Waals surface area contributed by atoms with Crippen molar-refractivity contribution in [2.24, 2.45) is 0 Å². The average molecular weight is 314 g/mol. The zero-order valence-electron chi connectivity index (χ0n) is 14.0. The van der Waals surface area contributed by atoms with Crippen LogP contribution in [-0.4, -0.2) is 16.3 Å². The van der Waals surface area contributed by atoms with E-state index in [1.807, 2.05) is 0 Å². The van der Waals surface area contributed by atoms with Crippen molar-refractivity contribution in [1.29, 1.82) is 0 Å². The molecule has 122 valence electrons. The van der Waals surface area contributed by atoms with Crippen LogP contribution in [0.1, 0.15) is 83.9 Å². The first-order chi connectivity index (χ1) is 10.2. The van der Waals surface area contributed by atoms with Crippen LogP contribution in [0.2, 0.25) is 5.02 Å². The average Bonchev–Trinajstić information content (AvgIpc) is 2.84. The molecule has 1 unspecified atom stereocenters. The second-order valence-electron chi connectivity index (χ2n) is 5.81. The Labute approximate surface area is 135 Å². The van der Waals surface area contributed by atoms with Crippen LogP contribution >= 0.6 is 11.6 Å². The monoisotopic (exact) mass is 313 g/mol. The molecular weight excluding hydrogens is 282 g/mol. The van der Waals surface area contributed by atoms with E-state index in [9.17, 15) is 0 Å². The van der Waals surface area contributed by atoms with Crippen LogP contribution in [0.5, 0.6) is 0 Å². The highest BCUT2D eigenvalue weighted by atomic mass is 35.5. The summed E-state index contributed by atoms with van der Waals surface area (Å²) in [5.74, 6) is 0. The van der Waals surface area contributed by atoms with E-state index in [2.05, 4.69) is 35.9 Å². The molecular formula is C17H32ClN3. The van der Waals surface area contributed by atoms with Gasteiger partial charge in [-0.1, -0.05) is 64.5 Å². The van der Waals surface area contributed by atoms with Gasteiger partial charge in [0.25, 0.3) is 0 Å². The van der Waals surface area contributed by atoms with Crippen molar-refractivity contribution in [3.05, 3.63) is 16.9 Å². The van der Waals surface area contributed by atoms with Gasteiger partial charge in [-0.3, -0.25) is 4.68 Å². The molecule has 0 aliphatic rings. The second kappa shape index (κ2) is 11.1. The standard InChI is InChI=1S/C17H32ClN3/c1-4-7-8-9-10-11-16(19-12-5-2)17-15(18)14-20-21(17)13-6-3/h14,16,19H,4-13H2,1-3H3. The number of nitrogens with zero attached hydrogens (tertiary/aromatic N) is 2. The summed E-state index contributed by atoms with van der Waals surface area (Å²) in [5.41, 5.74) is 1.18. The van der Waals surface area contributed by atoms with Gasteiger partial charge in [-0.25, -0.2) is 0 Å². The lowest BCUT2D eigenvalue weighted by Gasteiger charge is -2.20. The molecule has 0 aliphatic carbocycles. The number of rotatable bonds is 12. The van der Waals surface area contributed by atoms with E-state index in [-0.39, 0.29) is 0 Å². The molecule has 0 aliphatic heterocycles. The Morgan fingerprint density at radius 2 is 1.86 bits per heavy atom. The highest BCUT2D eigenvalue weighted by Crippen LogP contribution is 2.27. The number of nitrogens with one attached hydrogen (secondary N) is 1. The summed E-state index contributed by atoms with van der Waals surface area (Å²) in [4.78, 5) is 0. The Balaban J connectivity index is 2.65. The molecule has 1 aromatic rings. The first-order valence-corrected chi connectivity index (χ1v) is 9.06. The molecule has 0 radical (unpaired) electrons. The number of unbranched alkanes of at least 4 members (excludes halogenated alkanes) is 4. The lowest BCUT2D eigenvalue weighted by Crippen LogP contribution is -2.25. The van der Waals surface area contributed by atoms with E-state index in [0.29, 0.717) is 6.04 Å². The van der Waals surface area contributed by atoms with E-state index >= 15 is 0 Å². The second-order valence-corrected chi connectivity index (χ2v) is 6.22.